The minimum Gasteiger partial charge on any atom is -0.383 e. The Hall–Kier alpha value is -0.700. The summed E-state index contributed by atoms with van der Waals surface area (Å²) in [5.74, 6) is 0.369. The van der Waals surface area contributed by atoms with Crippen molar-refractivity contribution < 1.29 is 8.42 Å². The van der Waals surface area contributed by atoms with Gasteiger partial charge >= 0.3 is 0 Å². The summed E-state index contributed by atoms with van der Waals surface area (Å²) in [7, 11) is -3.61. The maximum atomic E-state index is 12.2. The molecule has 112 valence electrons. The van der Waals surface area contributed by atoms with E-state index in [4.69, 9.17) is 5.73 Å². The number of rotatable bonds is 5. The highest BCUT2D eigenvalue weighted by Crippen LogP contribution is 2.21. The SMILES string of the molecule is CCN1CCC(CNS(=O)(=O)c2cc(Br)cnc2N)C1. The van der Waals surface area contributed by atoms with Crippen LogP contribution < -0.4 is 10.5 Å². The number of nitrogen functional groups attached to an aromatic ring is 1. The summed E-state index contributed by atoms with van der Waals surface area (Å²) < 4.78 is 27.7. The van der Waals surface area contributed by atoms with Crippen LogP contribution in [0.5, 0.6) is 0 Å². The Bertz CT molecular complexity index is 579. The molecule has 1 aromatic rings. The number of nitrogens with zero attached hydrogens (tertiary/aromatic N) is 2. The first kappa shape index (κ1) is 15.7. The molecule has 0 amide bonds. The van der Waals surface area contributed by atoms with Gasteiger partial charge in [-0.25, -0.2) is 18.1 Å². The molecule has 2 rings (SSSR count). The van der Waals surface area contributed by atoms with Gasteiger partial charge in [-0.05, 0) is 47.4 Å². The van der Waals surface area contributed by atoms with Crippen LogP contribution in [0.3, 0.4) is 0 Å². The average Bonchev–Trinajstić information content (AvgIpc) is 2.87. The van der Waals surface area contributed by atoms with Gasteiger partial charge < -0.3 is 10.6 Å². The van der Waals surface area contributed by atoms with Gasteiger partial charge in [0.2, 0.25) is 10.0 Å². The third-order valence-electron chi connectivity index (χ3n) is 3.52. The molecular formula is C12H19BrN4O2S. The van der Waals surface area contributed by atoms with Crippen LogP contribution in [0.1, 0.15) is 13.3 Å². The second-order valence-corrected chi connectivity index (χ2v) is 7.59. The molecule has 1 unspecified atom stereocenters. The van der Waals surface area contributed by atoms with Crippen molar-refractivity contribution in [1.82, 2.24) is 14.6 Å². The summed E-state index contributed by atoms with van der Waals surface area (Å²) in [6.07, 6.45) is 2.49. The monoisotopic (exact) mass is 362 g/mol. The van der Waals surface area contributed by atoms with Crippen LogP contribution >= 0.6 is 15.9 Å². The van der Waals surface area contributed by atoms with Crippen molar-refractivity contribution in [1.29, 1.82) is 0 Å². The lowest BCUT2D eigenvalue weighted by molar-refractivity contribution is 0.342. The number of hydrogen-bond acceptors (Lipinski definition) is 5. The van der Waals surface area contributed by atoms with E-state index >= 15 is 0 Å². The highest BCUT2D eigenvalue weighted by molar-refractivity contribution is 9.10. The maximum Gasteiger partial charge on any atom is 0.244 e. The summed E-state index contributed by atoms with van der Waals surface area (Å²) in [4.78, 5) is 6.19. The first-order chi connectivity index (χ1) is 9.42. The number of anilines is 1. The summed E-state index contributed by atoms with van der Waals surface area (Å²) in [6.45, 7) is 5.52. The molecule has 1 aliphatic heterocycles. The van der Waals surface area contributed by atoms with Crippen LogP contribution in [-0.2, 0) is 10.0 Å². The fourth-order valence-corrected chi connectivity index (χ4v) is 4.02. The minimum atomic E-state index is -3.61. The lowest BCUT2D eigenvalue weighted by Crippen LogP contribution is -2.31. The Kier molecular flexibility index (Phi) is 5.00. The Morgan fingerprint density at radius 3 is 3.00 bits per heavy atom. The largest absolute Gasteiger partial charge is 0.383 e. The Labute approximate surface area is 127 Å². The van der Waals surface area contributed by atoms with Crippen LogP contribution in [0, 0.1) is 5.92 Å². The van der Waals surface area contributed by atoms with Gasteiger partial charge in [-0.2, -0.15) is 0 Å². The van der Waals surface area contributed by atoms with Crippen molar-refractivity contribution in [2.24, 2.45) is 5.92 Å². The minimum absolute atomic E-state index is 0.0160. The predicted octanol–water partition coefficient (Wildman–Crippen LogP) is 1.05. The van der Waals surface area contributed by atoms with Crippen LogP contribution in [0.4, 0.5) is 5.82 Å². The van der Waals surface area contributed by atoms with Crippen LogP contribution in [0.25, 0.3) is 0 Å². The van der Waals surface area contributed by atoms with Gasteiger partial charge in [0.1, 0.15) is 10.7 Å². The highest BCUT2D eigenvalue weighted by atomic mass is 79.9. The van der Waals surface area contributed by atoms with E-state index < -0.39 is 10.0 Å². The standard InChI is InChI=1S/C12H19BrN4O2S/c1-2-17-4-3-9(8-17)6-16-20(18,19)11-5-10(13)7-15-12(11)14/h5,7,9,16H,2-4,6,8H2,1H3,(H2,14,15). The van der Waals surface area contributed by atoms with E-state index in [1.54, 1.807) is 0 Å². The quantitative estimate of drug-likeness (QED) is 0.816. The molecule has 6 nitrogen and oxygen atoms in total. The molecule has 3 N–H and O–H groups in total. The molecule has 0 aromatic carbocycles. The van der Waals surface area contributed by atoms with E-state index in [2.05, 4.69) is 37.5 Å². The number of likely N-dealkylation sites (tertiary alicyclic amines) is 1. The molecule has 1 saturated heterocycles. The van der Waals surface area contributed by atoms with Gasteiger partial charge in [0.25, 0.3) is 0 Å². The van der Waals surface area contributed by atoms with Gasteiger partial charge in [0.15, 0.2) is 0 Å². The van der Waals surface area contributed by atoms with Crippen LogP contribution in [-0.4, -0.2) is 44.5 Å². The highest BCUT2D eigenvalue weighted by Gasteiger charge is 2.24. The summed E-state index contributed by atoms with van der Waals surface area (Å²) >= 11 is 3.21. The van der Waals surface area contributed by atoms with E-state index in [9.17, 15) is 8.42 Å². The number of hydrogen-bond donors (Lipinski definition) is 2. The number of aromatic nitrogens is 1. The number of pyridine rings is 1. The molecule has 8 heteroatoms. The fourth-order valence-electron chi connectivity index (χ4n) is 2.32. The lowest BCUT2D eigenvalue weighted by atomic mass is 10.1. The number of nitrogens with two attached hydrogens (primary N) is 1. The van der Waals surface area contributed by atoms with Crippen LogP contribution in [0.2, 0.25) is 0 Å². The smallest absolute Gasteiger partial charge is 0.244 e. The molecule has 0 aliphatic carbocycles. The first-order valence-electron chi connectivity index (χ1n) is 6.55. The second-order valence-electron chi connectivity index (χ2n) is 4.94. The van der Waals surface area contributed by atoms with Gasteiger partial charge in [-0.3, -0.25) is 0 Å². The summed E-state index contributed by atoms with van der Waals surface area (Å²) in [5.41, 5.74) is 5.64. The molecule has 0 bridgehead atoms. The van der Waals surface area contributed by atoms with Crippen molar-refractivity contribution in [3.8, 4) is 0 Å². The zero-order valence-corrected chi connectivity index (χ0v) is 13.7. The molecule has 1 aliphatic rings. The van der Waals surface area contributed by atoms with Gasteiger partial charge in [-0.1, -0.05) is 6.92 Å². The molecule has 2 heterocycles. The Balaban J connectivity index is 2.03. The molecule has 20 heavy (non-hydrogen) atoms. The third-order valence-corrected chi connectivity index (χ3v) is 5.40. The summed E-state index contributed by atoms with van der Waals surface area (Å²) in [6, 6.07) is 1.47. The van der Waals surface area contributed by atoms with Gasteiger partial charge in [0, 0.05) is 23.8 Å². The Morgan fingerprint density at radius 1 is 1.60 bits per heavy atom. The zero-order valence-electron chi connectivity index (χ0n) is 11.3. The molecule has 1 aromatic heterocycles. The van der Waals surface area contributed by atoms with Crippen molar-refractivity contribution >= 4 is 31.8 Å². The molecular weight excluding hydrogens is 344 g/mol. The van der Waals surface area contributed by atoms with E-state index in [0.29, 0.717) is 16.9 Å². The van der Waals surface area contributed by atoms with E-state index in [1.807, 2.05) is 0 Å². The second kappa shape index (κ2) is 6.38. The maximum absolute atomic E-state index is 12.2. The molecule has 1 atom stereocenters. The van der Waals surface area contributed by atoms with E-state index in [0.717, 1.165) is 26.1 Å². The van der Waals surface area contributed by atoms with Crippen molar-refractivity contribution in [3.63, 3.8) is 0 Å². The normalized spacial score (nSPS) is 20.4. The zero-order chi connectivity index (χ0) is 14.8. The lowest BCUT2D eigenvalue weighted by Gasteiger charge is -2.14. The van der Waals surface area contributed by atoms with Crippen molar-refractivity contribution in [2.75, 3.05) is 31.9 Å². The molecule has 0 radical (unpaired) electrons. The predicted molar refractivity (Wildman–Crippen MR) is 81.8 cm³/mol. The van der Waals surface area contributed by atoms with Crippen molar-refractivity contribution in [2.45, 2.75) is 18.2 Å². The third kappa shape index (κ3) is 3.69. The van der Waals surface area contributed by atoms with Crippen molar-refractivity contribution in [3.05, 3.63) is 16.7 Å². The Morgan fingerprint density at radius 2 is 2.35 bits per heavy atom. The molecule has 0 spiro atoms. The molecule has 0 saturated carbocycles. The number of halogens is 1. The fraction of sp³-hybridized carbons (Fsp3) is 0.583. The number of nitrogens with one attached hydrogen (secondary N) is 1. The van der Waals surface area contributed by atoms with E-state index in [-0.39, 0.29) is 10.7 Å². The van der Waals surface area contributed by atoms with E-state index in [1.165, 1.54) is 12.3 Å². The average molecular weight is 363 g/mol. The van der Waals surface area contributed by atoms with Gasteiger partial charge in [-0.15, -0.1) is 0 Å². The topological polar surface area (TPSA) is 88.3 Å². The first-order valence-corrected chi connectivity index (χ1v) is 8.83. The van der Waals surface area contributed by atoms with Crippen LogP contribution in [0.15, 0.2) is 21.6 Å². The van der Waals surface area contributed by atoms with Gasteiger partial charge in [0.05, 0.1) is 0 Å². The number of sulfonamides is 1. The summed E-state index contributed by atoms with van der Waals surface area (Å²) in [5, 5.41) is 0. The molecule has 1 fully saturated rings.